The Morgan fingerprint density at radius 1 is 1.22 bits per heavy atom. The molecule has 23 heavy (non-hydrogen) atoms. The van der Waals surface area contributed by atoms with E-state index in [1.54, 1.807) is 12.1 Å². The fourth-order valence-electron chi connectivity index (χ4n) is 2.10. The number of nitrogens with two attached hydrogens (primary N) is 1. The zero-order chi connectivity index (χ0) is 16.7. The molecule has 4 N–H and O–H groups in total. The second kappa shape index (κ2) is 8.31. The number of benzene rings is 2. The lowest BCUT2D eigenvalue weighted by molar-refractivity contribution is -0.123. The summed E-state index contributed by atoms with van der Waals surface area (Å²) in [4.78, 5) is 12.0. The van der Waals surface area contributed by atoms with Crippen LogP contribution in [0, 0.1) is 6.92 Å². The molecule has 5 nitrogen and oxygen atoms in total. The second-order valence-corrected chi connectivity index (χ2v) is 5.41. The van der Waals surface area contributed by atoms with Crippen molar-refractivity contribution in [2.45, 2.75) is 19.1 Å². The lowest BCUT2D eigenvalue weighted by Gasteiger charge is -2.16. The lowest BCUT2D eigenvalue weighted by Crippen LogP contribution is -2.40. The van der Waals surface area contributed by atoms with E-state index >= 15 is 0 Å². The van der Waals surface area contributed by atoms with Crippen molar-refractivity contribution in [3.8, 4) is 5.75 Å². The Labute approximate surface area is 136 Å². The molecular formula is C18H22N2O3. The molecule has 0 aliphatic rings. The van der Waals surface area contributed by atoms with Crippen LogP contribution >= 0.6 is 0 Å². The molecule has 2 aromatic rings. The minimum atomic E-state index is -0.803. The number of aliphatic hydroxyl groups is 1. The summed E-state index contributed by atoms with van der Waals surface area (Å²) in [6.45, 7) is 2.16. The van der Waals surface area contributed by atoms with Crippen LogP contribution in [0.1, 0.15) is 17.2 Å². The molecule has 0 saturated carbocycles. The van der Waals surface area contributed by atoms with Gasteiger partial charge in [0.15, 0.2) is 0 Å². The van der Waals surface area contributed by atoms with Gasteiger partial charge >= 0.3 is 0 Å². The maximum atomic E-state index is 12.0. The Bertz CT molecular complexity index is 631. The van der Waals surface area contributed by atoms with Crippen LogP contribution in [-0.4, -0.2) is 30.3 Å². The van der Waals surface area contributed by atoms with Gasteiger partial charge in [0.25, 0.3) is 0 Å². The summed E-state index contributed by atoms with van der Waals surface area (Å²) in [7, 11) is 0. The molecule has 2 atom stereocenters. The first-order valence-corrected chi connectivity index (χ1v) is 7.52. The van der Waals surface area contributed by atoms with E-state index in [9.17, 15) is 9.90 Å². The van der Waals surface area contributed by atoms with Crippen molar-refractivity contribution in [1.29, 1.82) is 0 Å². The third-order valence-electron chi connectivity index (χ3n) is 3.39. The topological polar surface area (TPSA) is 84.6 Å². The molecule has 2 rings (SSSR count). The number of rotatable bonds is 7. The molecule has 0 aliphatic carbocycles. The van der Waals surface area contributed by atoms with Crippen LogP contribution < -0.4 is 15.8 Å². The van der Waals surface area contributed by atoms with E-state index in [2.05, 4.69) is 5.32 Å². The second-order valence-electron chi connectivity index (χ2n) is 5.41. The van der Waals surface area contributed by atoms with Crippen molar-refractivity contribution in [1.82, 2.24) is 5.32 Å². The van der Waals surface area contributed by atoms with Crippen LogP contribution in [0.5, 0.6) is 5.75 Å². The fraction of sp³-hybridized carbons (Fsp3) is 0.278. The highest BCUT2D eigenvalue weighted by Gasteiger charge is 2.16. The molecule has 0 heterocycles. The Kier molecular flexibility index (Phi) is 6.14. The first-order chi connectivity index (χ1) is 11.1. The number of ether oxygens (including phenoxy) is 1. The number of amides is 1. The van der Waals surface area contributed by atoms with Gasteiger partial charge in [-0.3, -0.25) is 4.79 Å². The van der Waals surface area contributed by atoms with Crippen molar-refractivity contribution in [3.63, 3.8) is 0 Å². The van der Waals surface area contributed by atoms with E-state index in [0.717, 1.165) is 11.1 Å². The summed E-state index contributed by atoms with van der Waals surface area (Å²) in [5, 5.41) is 12.5. The van der Waals surface area contributed by atoms with Gasteiger partial charge in [-0.15, -0.1) is 0 Å². The smallest absolute Gasteiger partial charge is 0.241 e. The zero-order valence-electron chi connectivity index (χ0n) is 13.1. The normalized spacial score (nSPS) is 13.2. The average Bonchev–Trinajstić information content (AvgIpc) is 2.58. The standard InChI is InChI=1S/C18H22N2O3/c1-13-6-5-9-16(10-13)23-12-15(21)11-20-18(22)17(19)14-7-3-2-4-8-14/h2-10,15,17,21H,11-12,19H2,1H3,(H,20,22). The number of carbonyl (C=O) groups is 1. The van der Waals surface area contributed by atoms with Crippen molar-refractivity contribution < 1.29 is 14.6 Å². The van der Waals surface area contributed by atoms with Gasteiger partial charge in [0.2, 0.25) is 5.91 Å². The molecule has 0 saturated heterocycles. The zero-order valence-corrected chi connectivity index (χ0v) is 13.1. The summed E-state index contributed by atoms with van der Waals surface area (Å²) in [5.41, 5.74) is 7.70. The largest absolute Gasteiger partial charge is 0.491 e. The highest BCUT2D eigenvalue weighted by molar-refractivity contribution is 5.82. The SMILES string of the molecule is Cc1cccc(OCC(O)CNC(=O)C(N)c2ccccc2)c1. The monoisotopic (exact) mass is 314 g/mol. The molecule has 5 heteroatoms. The summed E-state index contributed by atoms with van der Waals surface area (Å²) < 4.78 is 5.49. The van der Waals surface area contributed by atoms with Gasteiger partial charge in [-0.05, 0) is 30.2 Å². The number of hydrogen-bond acceptors (Lipinski definition) is 4. The lowest BCUT2D eigenvalue weighted by atomic mass is 10.1. The van der Waals surface area contributed by atoms with Crippen molar-refractivity contribution in [2.24, 2.45) is 5.73 Å². The van der Waals surface area contributed by atoms with Gasteiger partial charge in [0, 0.05) is 6.54 Å². The highest BCUT2D eigenvalue weighted by Crippen LogP contribution is 2.12. The van der Waals surface area contributed by atoms with Crippen molar-refractivity contribution in [3.05, 3.63) is 65.7 Å². The van der Waals surface area contributed by atoms with Crippen LogP contribution in [0.3, 0.4) is 0 Å². The van der Waals surface area contributed by atoms with Crippen LogP contribution in [0.4, 0.5) is 0 Å². The number of hydrogen-bond donors (Lipinski definition) is 3. The quantitative estimate of drug-likeness (QED) is 0.724. The highest BCUT2D eigenvalue weighted by atomic mass is 16.5. The molecule has 2 aromatic carbocycles. The maximum absolute atomic E-state index is 12.0. The van der Waals surface area contributed by atoms with Gasteiger partial charge in [0.1, 0.15) is 24.5 Å². The first kappa shape index (κ1) is 17.0. The Hall–Kier alpha value is -2.37. The summed E-state index contributed by atoms with van der Waals surface area (Å²) >= 11 is 0. The summed E-state index contributed by atoms with van der Waals surface area (Å²) in [6, 6.07) is 15.9. The molecule has 0 spiro atoms. The average molecular weight is 314 g/mol. The summed E-state index contributed by atoms with van der Waals surface area (Å²) in [5.74, 6) is 0.363. The molecule has 0 bridgehead atoms. The van der Waals surface area contributed by atoms with Crippen LogP contribution in [-0.2, 0) is 4.79 Å². The predicted octanol–water partition coefficient (Wildman–Crippen LogP) is 1.55. The fourth-order valence-corrected chi connectivity index (χ4v) is 2.10. The van der Waals surface area contributed by atoms with Gasteiger partial charge < -0.3 is 20.9 Å². The van der Waals surface area contributed by atoms with E-state index in [1.807, 2.05) is 49.4 Å². The minimum absolute atomic E-state index is 0.0885. The van der Waals surface area contributed by atoms with Gasteiger partial charge in [-0.1, -0.05) is 42.5 Å². The third-order valence-corrected chi connectivity index (χ3v) is 3.39. The van der Waals surface area contributed by atoms with Crippen LogP contribution in [0.25, 0.3) is 0 Å². The number of carbonyl (C=O) groups excluding carboxylic acids is 1. The molecule has 0 aromatic heterocycles. The molecule has 0 radical (unpaired) electrons. The van der Waals surface area contributed by atoms with E-state index in [0.29, 0.717) is 5.75 Å². The first-order valence-electron chi connectivity index (χ1n) is 7.52. The van der Waals surface area contributed by atoms with Crippen molar-refractivity contribution >= 4 is 5.91 Å². The van der Waals surface area contributed by atoms with E-state index in [-0.39, 0.29) is 19.1 Å². The molecule has 0 aliphatic heterocycles. The van der Waals surface area contributed by atoms with Gasteiger partial charge in [-0.2, -0.15) is 0 Å². The van der Waals surface area contributed by atoms with Crippen LogP contribution in [0.2, 0.25) is 0 Å². The third kappa shape index (κ3) is 5.39. The predicted molar refractivity (Wildman–Crippen MR) is 89.1 cm³/mol. The molecular weight excluding hydrogens is 292 g/mol. The molecule has 2 unspecified atom stereocenters. The van der Waals surface area contributed by atoms with Crippen LogP contribution in [0.15, 0.2) is 54.6 Å². The number of aryl methyl sites for hydroxylation is 1. The van der Waals surface area contributed by atoms with E-state index in [1.165, 1.54) is 0 Å². The molecule has 122 valence electrons. The molecule has 1 amide bonds. The number of aliphatic hydroxyl groups excluding tert-OH is 1. The Morgan fingerprint density at radius 2 is 1.96 bits per heavy atom. The summed E-state index contributed by atoms with van der Waals surface area (Å²) in [6.07, 6.45) is -0.803. The van der Waals surface area contributed by atoms with Crippen molar-refractivity contribution in [2.75, 3.05) is 13.2 Å². The maximum Gasteiger partial charge on any atom is 0.241 e. The number of nitrogens with one attached hydrogen (secondary N) is 1. The van der Waals surface area contributed by atoms with Gasteiger partial charge in [-0.25, -0.2) is 0 Å². The molecule has 0 fully saturated rings. The Balaban J connectivity index is 1.75. The van der Waals surface area contributed by atoms with E-state index < -0.39 is 12.1 Å². The van der Waals surface area contributed by atoms with E-state index in [4.69, 9.17) is 10.5 Å². The minimum Gasteiger partial charge on any atom is -0.491 e. The van der Waals surface area contributed by atoms with Gasteiger partial charge in [0.05, 0.1) is 0 Å². The Morgan fingerprint density at radius 3 is 2.65 bits per heavy atom.